The second-order valence-corrected chi connectivity index (χ2v) is 6.60. The molecule has 130 valence electrons. The number of nitrogens with zero attached hydrogens (tertiary/aromatic N) is 3. The first-order valence-corrected chi connectivity index (χ1v) is 8.69. The minimum absolute atomic E-state index is 0.0298. The Bertz CT molecular complexity index is 1000. The van der Waals surface area contributed by atoms with Crippen LogP contribution in [0.15, 0.2) is 30.5 Å². The van der Waals surface area contributed by atoms with E-state index in [9.17, 15) is 9.59 Å². The topological polar surface area (TPSA) is 106 Å². The molecular weight excluding hydrogens is 349 g/mol. The number of morpholine rings is 1. The highest BCUT2D eigenvalue weighted by Gasteiger charge is 2.20. The van der Waals surface area contributed by atoms with E-state index in [1.54, 1.807) is 23.1 Å². The van der Waals surface area contributed by atoms with Crippen molar-refractivity contribution in [1.29, 1.82) is 0 Å². The average molecular weight is 365 g/mol. The van der Waals surface area contributed by atoms with Crippen molar-refractivity contribution in [3.63, 3.8) is 0 Å². The van der Waals surface area contributed by atoms with Crippen LogP contribution in [-0.2, 0) is 4.74 Å². The minimum Gasteiger partial charge on any atom is -0.385 e. The Morgan fingerprint density at radius 1 is 1.23 bits per heavy atom. The van der Waals surface area contributed by atoms with Crippen LogP contribution in [0.2, 0.25) is 0 Å². The van der Waals surface area contributed by atoms with Gasteiger partial charge in [-0.05, 0) is 24.3 Å². The molecule has 2 aromatic heterocycles. The van der Waals surface area contributed by atoms with Crippen molar-refractivity contribution in [1.82, 2.24) is 18.6 Å². The number of ketones is 1. The van der Waals surface area contributed by atoms with Crippen LogP contribution in [0.25, 0.3) is 10.9 Å². The van der Waals surface area contributed by atoms with Crippen LogP contribution in [0, 0.1) is 0 Å². The normalized spacial score (nSPS) is 14.7. The van der Waals surface area contributed by atoms with E-state index in [0.717, 1.165) is 10.9 Å². The molecule has 0 atom stereocenters. The molecule has 0 aliphatic carbocycles. The molecule has 3 aromatic rings. The standard InChI is InChI=1S/C17H17N5O3.Al/c18-16-12(9-19-21-16)15(23)14-8-11-7-10(1-2-13(11)20-14)17(24)22-3-5-25-6-4-22;/h1-2,7-9H,3-6H2,(H4,18,19,20,21,23,24);/q;+1/p-1. The number of nitrogens with one attached hydrogen (secondary N) is 1. The summed E-state index contributed by atoms with van der Waals surface area (Å²) in [6, 6.07) is 7.10. The summed E-state index contributed by atoms with van der Waals surface area (Å²) in [7, 11) is 0. The molecule has 3 N–H and O–H groups in total. The summed E-state index contributed by atoms with van der Waals surface area (Å²) in [4.78, 5) is 30.1. The van der Waals surface area contributed by atoms with Crippen molar-refractivity contribution in [3.8, 4) is 0 Å². The second-order valence-electron chi connectivity index (χ2n) is 6.11. The zero-order valence-electron chi connectivity index (χ0n) is 13.9. The molecule has 1 aromatic carbocycles. The number of H-pyrrole nitrogens is 1. The lowest BCUT2D eigenvalue weighted by Crippen LogP contribution is -2.40. The van der Waals surface area contributed by atoms with Crippen LogP contribution in [0.5, 0.6) is 0 Å². The summed E-state index contributed by atoms with van der Waals surface area (Å²) >= 11 is 2.32. The molecule has 3 heterocycles. The summed E-state index contributed by atoms with van der Waals surface area (Å²) in [6.45, 7) is 2.29. The highest BCUT2D eigenvalue weighted by atomic mass is 27.1. The Hall–Kier alpha value is -2.60. The van der Waals surface area contributed by atoms with E-state index in [2.05, 4.69) is 26.6 Å². The van der Waals surface area contributed by atoms with E-state index in [0.29, 0.717) is 43.1 Å². The molecule has 9 heteroatoms. The number of aromatic amines is 1. The third kappa shape index (κ3) is 2.90. The monoisotopic (exact) mass is 365 g/mol. The number of nitrogen functional groups attached to an aromatic ring is 1. The van der Waals surface area contributed by atoms with E-state index < -0.39 is 0 Å². The van der Waals surface area contributed by atoms with Crippen LogP contribution in [0.1, 0.15) is 26.4 Å². The summed E-state index contributed by atoms with van der Waals surface area (Å²) in [5.41, 5.74) is 7.97. The number of hydrogen-bond acceptors (Lipinski definition) is 5. The molecule has 8 nitrogen and oxygen atoms in total. The lowest BCUT2D eigenvalue weighted by Gasteiger charge is -2.26. The zero-order chi connectivity index (χ0) is 18.3. The van der Waals surface area contributed by atoms with E-state index in [-0.39, 0.29) is 17.5 Å². The van der Waals surface area contributed by atoms with Gasteiger partial charge in [-0.2, -0.15) is 0 Å². The van der Waals surface area contributed by atoms with Crippen LogP contribution in [-0.4, -0.2) is 73.2 Å². The van der Waals surface area contributed by atoms with Gasteiger partial charge in [0.05, 0.1) is 30.7 Å². The maximum absolute atomic E-state index is 12.7. The number of benzene rings is 1. The first-order chi connectivity index (χ1) is 12.5. The third-order valence-corrected chi connectivity index (χ3v) is 4.90. The first-order valence-electron chi connectivity index (χ1n) is 8.17. The number of amides is 1. The van der Waals surface area contributed by atoms with Crippen LogP contribution >= 0.6 is 0 Å². The Labute approximate surface area is 157 Å². The van der Waals surface area contributed by atoms with E-state index >= 15 is 0 Å². The number of carbonyl (C=O) groups excluding carboxylic acids is 2. The third-order valence-electron chi connectivity index (χ3n) is 4.49. The number of aromatic nitrogens is 3. The second kappa shape index (κ2) is 6.61. The maximum atomic E-state index is 12.7. The minimum atomic E-state index is -0.242. The molecule has 1 aliphatic rings. The predicted octanol–water partition coefficient (Wildman–Crippen LogP) is 0.582. The number of rotatable bonds is 3. The van der Waals surface area contributed by atoms with Crippen molar-refractivity contribution >= 4 is 44.9 Å². The van der Waals surface area contributed by atoms with Gasteiger partial charge in [0, 0.05) is 29.6 Å². The fraction of sp³-hybridized carbons (Fsp3) is 0.235. The highest BCUT2D eigenvalue weighted by molar-refractivity contribution is 6.15. The number of hydrogen-bond donors (Lipinski definition) is 2. The number of fused-ring (bicyclic) bond motifs is 1. The molecule has 1 aliphatic heterocycles. The Kier molecular flexibility index (Phi) is 4.28. The summed E-state index contributed by atoms with van der Waals surface area (Å²) in [6.07, 6.45) is 1.43. The van der Waals surface area contributed by atoms with Gasteiger partial charge in [0.15, 0.2) is 0 Å². The highest BCUT2D eigenvalue weighted by Crippen LogP contribution is 2.22. The molecule has 1 fully saturated rings. The number of nitrogens with two attached hydrogens (primary N) is 1. The molecule has 0 saturated carbocycles. The number of anilines is 1. The van der Waals surface area contributed by atoms with Gasteiger partial charge >= 0.3 is 16.5 Å². The van der Waals surface area contributed by atoms with Gasteiger partial charge in [0.1, 0.15) is 5.82 Å². The van der Waals surface area contributed by atoms with Crippen LogP contribution in [0.3, 0.4) is 0 Å². The molecule has 0 spiro atoms. The van der Waals surface area contributed by atoms with Gasteiger partial charge in [-0.1, -0.05) is 0 Å². The largest absolute Gasteiger partial charge is 0.385 e. The number of ether oxygens (including phenoxy) is 1. The van der Waals surface area contributed by atoms with E-state index in [4.69, 9.17) is 10.5 Å². The maximum Gasteiger partial charge on any atom is 0.356 e. The summed E-state index contributed by atoms with van der Waals surface area (Å²) in [5, 5.41) is 4.76. The van der Waals surface area contributed by atoms with Crippen molar-refractivity contribution in [2.75, 3.05) is 32.0 Å². The van der Waals surface area contributed by atoms with E-state index in [1.165, 1.54) is 9.86 Å². The number of carbonyl (C=O) groups is 2. The van der Waals surface area contributed by atoms with Gasteiger partial charge in [0.25, 0.3) is 5.91 Å². The Morgan fingerprint density at radius 2 is 2.00 bits per heavy atom. The quantitative estimate of drug-likeness (QED) is 0.522. The SMILES string of the molecule is Nc1c(C(=O)c2cc3cc(C(=O)N4CCOCC4)ccc3[nH]2)cn[n]1[Al]. The fourth-order valence-corrected chi connectivity index (χ4v) is 3.23. The Morgan fingerprint density at radius 3 is 2.69 bits per heavy atom. The van der Waals surface area contributed by atoms with Gasteiger partial charge in [0.2, 0.25) is 5.78 Å². The predicted molar refractivity (Wildman–Crippen MR) is 96.2 cm³/mol. The fourth-order valence-electron chi connectivity index (χ4n) is 3.03. The van der Waals surface area contributed by atoms with Gasteiger partial charge in [-0.3, -0.25) is 9.59 Å². The van der Waals surface area contributed by atoms with Crippen LogP contribution < -0.4 is 5.73 Å². The molecular formula is C17H16AlN5O3. The molecule has 1 saturated heterocycles. The van der Waals surface area contributed by atoms with Gasteiger partial charge in [-0.25, -0.2) is 5.10 Å². The molecule has 0 unspecified atom stereocenters. The molecule has 4 rings (SSSR count). The lowest BCUT2D eigenvalue weighted by molar-refractivity contribution is 0.0303. The first kappa shape index (κ1) is 16.8. The van der Waals surface area contributed by atoms with E-state index in [1.807, 2.05) is 6.07 Å². The van der Waals surface area contributed by atoms with Gasteiger partial charge < -0.3 is 24.0 Å². The lowest BCUT2D eigenvalue weighted by atomic mass is 10.1. The van der Waals surface area contributed by atoms with Gasteiger partial charge in [-0.15, -0.1) is 0 Å². The molecule has 0 bridgehead atoms. The van der Waals surface area contributed by atoms with Crippen molar-refractivity contribution in [2.45, 2.75) is 0 Å². The van der Waals surface area contributed by atoms with Crippen molar-refractivity contribution in [2.24, 2.45) is 0 Å². The Balaban J connectivity index is 1.64. The van der Waals surface area contributed by atoms with Crippen molar-refractivity contribution < 1.29 is 14.3 Å². The average Bonchev–Trinajstić information content (AvgIpc) is 3.24. The summed E-state index contributed by atoms with van der Waals surface area (Å²) in [5.74, 6) is 0.00750. The van der Waals surface area contributed by atoms with Crippen molar-refractivity contribution in [3.05, 3.63) is 47.3 Å². The zero-order valence-corrected chi connectivity index (χ0v) is 15.1. The molecule has 1 amide bonds. The molecule has 26 heavy (non-hydrogen) atoms. The summed E-state index contributed by atoms with van der Waals surface area (Å²) < 4.78 is 6.65. The van der Waals surface area contributed by atoms with Crippen LogP contribution in [0.4, 0.5) is 5.82 Å². The smallest absolute Gasteiger partial charge is 0.356 e. The molecule has 2 radical (unpaired) electrons.